The lowest BCUT2D eigenvalue weighted by Gasteiger charge is -2.21. The normalized spacial score (nSPS) is 16.2. The van der Waals surface area contributed by atoms with Crippen LogP contribution in [-0.4, -0.2) is 26.7 Å². The largest absolute Gasteiger partial charge is 0.332 e. The number of fused-ring (bicyclic) bond motifs is 1. The first-order valence-corrected chi connectivity index (χ1v) is 7.72. The Balaban J connectivity index is 1.69. The SMILES string of the molecule is Cc1nc2c(NC(=O)N[C@@H](C)C3=CCCCC3)cccn2n1. The number of anilines is 1. The molecule has 6 nitrogen and oxygen atoms in total. The van der Waals surface area contributed by atoms with Gasteiger partial charge in [-0.15, -0.1) is 0 Å². The summed E-state index contributed by atoms with van der Waals surface area (Å²) in [6.07, 6.45) is 8.70. The highest BCUT2D eigenvalue weighted by Gasteiger charge is 2.15. The molecule has 22 heavy (non-hydrogen) atoms. The number of rotatable bonds is 3. The third-order valence-electron chi connectivity index (χ3n) is 3.95. The first-order valence-electron chi connectivity index (χ1n) is 7.72. The summed E-state index contributed by atoms with van der Waals surface area (Å²) >= 11 is 0. The molecule has 6 heteroatoms. The number of allylic oxidation sites excluding steroid dienone is 1. The van der Waals surface area contributed by atoms with Crippen molar-refractivity contribution in [2.75, 3.05) is 5.32 Å². The zero-order valence-electron chi connectivity index (χ0n) is 13.0. The van der Waals surface area contributed by atoms with Gasteiger partial charge in [0, 0.05) is 12.2 Å². The molecular weight excluding hydrogens is 278 g/mol. The van der Waals surface area contributed by atoms with Crippen molar-refractivity contribution >= 4 is 17.4 Å². The van der Waals surface area contributed by atoms with Crippen molar-refractivity contribution in [2.24, 2.45) is 0 Å². The van der Waals surface area contributed by atoms with E-state index in [0.717, 1.165) is 12.8 Å². The monoisotopic (exact) mass is 299 g/mol. The topological polar surface area (TPSA) is 71.3 Å². The van der Waals surface area contributed by atoms with Crippen LogP contribution >= 0.6 is 0 Å². The van der Waals surface area contributed by atoms with E-state index >= 15 is 0 Å². The lowest BCUT2D eigenvalue weighted by atomic mass is 9.95. The number of pyridine rings is 1. The van der Waals surface area contributed by atoms with Crippen molar-refractivity contribution in [1.82, 2.24) is 19.9 Å². The minimum Gasteiger partial charge on any atom is -0.332 e. The predicted octanol–water partition coefficient (Wildman–Crippen LogP) is 3.05. The highest BCUT2D eigenvalue weighted by molar-refractivity contribution is 5.93. The Morgan fingerprint density at radius 2 is 2.27 bits per heavy atom. The van der Waals surface area contributed by atoms with Crippen LogP contribution in [0, 0.1) is 6.92 Å². The van der Waals surface area contributed by atoms with Gasteiger partial charge in [0.25, 0.3) is 0 Å². The number of hydrogen-bond donors (Lipinski definition) is 2. The molecule has 0 saturated heterocycles. The van der Waals surface area contributed by atoms with E-state index in [4.69, 9.17) is 0 Å². The van der Waals surface area contributed by atoms with Crippen molar-refractivity contribution in [3.05, 3.63) is 35.8 Å². The number of aromatic nitrogens is 3. The summed E-state index contributed by atoms with van der Waals surface area (Å²) in [4.78, 5) is 16.5. The van der Waals surface area contributed by atoms with E-state index in [1.54, 1.807) is 4.52 Å². The third kappa shape index (κ3) is 3.10. The van der Waals surface area contributed by atoms with E-state index in [2.05, 4.69) is 26.8 Å². The number of hydrogen-bond acceptors (Lipinski definition) is 3. The standard InChI is InChI=1S/C16H21N5O/c1-11(13-7-4-3-5-8-13)17-16(22)19-14-9-6-10-21-15(14)18-12(2)20-21/h6-7,9-11H,3-5,8H2,1-2H3,(H2,17,19,22)/t11-/m0/s1. The number of nitrogens with zero attached hydrogens (tertiary/aromatic N) is 3. The minimum atomic E-state index is -0.215. The van der Waals surface area contributed by atoms with Gasteiger partial charge in [-0.05, 0) is 51.7 Å². The van der Waals surface area contributed by atoms with Crippen LogP contribution in [0.5, 0.6) is 0 Å². The molecule has 0 saturated carbocycles. The zero-order chi connectivity index (χ0) is 15.5. The first kappa shape index (κ1) is 14.6. The van der Waals surface area contributed by atoms with Crippen LogP contribution in [-0.2, 0) is 0 Å². The van der Waals surface area contributed by atoms with Crippen molar-refractivity contribution in [3.8, 4) is 0 Å². The molecule has 0 fully saturated rings. The molecule has 0 aromatic carbocycles. The summed E-state index contributed by atoms with van der Waals surface area (Å²) < 4.78 is 1.66. The maximum atomic E-state index is 12.2. The number of nitrogens with one attached hydrogen (secondary N) is 2. The van der Waals surface area contributed by atoms with Crippen molar-refractivity contribution in [1.29, 1.82) is 0 Å². The van der Waals surface area contributed by atoms with Crippen LogP contribution < -0.4 is 10.6 Å². The van der Waals surface area contributed by atoms with Crippen LogP contribution in [0.25, 0.3) is 5.65 Å². The van der Waals surface area contributed by atoms with Gasteiger partial charge in [-0.1, -0.05) is 11.6 Å². The minimum absolute atomic E-state index is 0.0552. The molecule has 2 amide bonds. The Morgan fingerprint density at radius 1 is 1.41 bits per heavy atom. The first-order chi connectivity index (χ1) is 10.6. The van der Waals surface area contributed by atoms with Gasteiger partial charge in [-0.2, -0.15) is 5.10 Å². The Labute approximate surface area is 129 Å². The fourth-order valence-electron chi connectivity index (χ4n) is 2.81. The molecule has 0 aliphatic heterocycles. The highest BCUT2D eigenvalue weighted by atomic mass is 16.2. The second-order valence-electron chi connectivity index (χ2n) is 5.69. The second-order valence-corrected chi connectivity index (χ2v) is 5.69. The van der Waals surface area contributed by atoms with Crippen molar-refractivity contribution < 1.29 is 4.79 Å². The summed E-state index contributed by atoms with van der Waals surface area (Å²) in [5.41, 5.74) is 2.63. The maximum absolute atomic E-state index is 12.2. The van der Waals surface area contributed by atoms with Gasteiger partial charge in [-0.25, -0.2) is 14.3 Å². The molecule has 2 aromatic heterocycles. The van der Waals surface area contributed by atoms with Gasteiger partial charge in [-0.3, -0.25) is 0 Å². The quantitative estimate of drug-likeness (QED) is 0.856. The second kappa shape index (κ2) is 6.17. The lowest BCUT2D eigenvalue weighted by molar-refractivity contribution is 0.250. The van der Waals surface area contributed by atoms with Gasteiger partial charge < -0.3 is 10.6 Å². The molecule has 0 bridgehead atoms. The van der Waals surface area contributed by atoms with Crippen LogP contribution in [0.15, 0.2) is 30.0 Å². The average molecular weight is 299 g/mol. The summed E-state index contributed by atoms with van der Waals surface area (Å²) in [5, 5.41) is 10.1. The van der Waals surface area contributed by atoms with Crippen LogP contribution in [0.4, 0.5) is 10.5 Å². The van der Waals surface area contributed by atoms with Gasteiger partial charge in [0.2, 0.25) is 0 Å². The lowest BCUT2D eigenvalue weighted by Crippen LogP contribution is -2.37. The van der Waals surface area contributed by atoms with Gasteiger partial charge in [0.05, 0.1) is 5.69 Å². The Kier molecular flexibility index (Phi) is 4.09. The fourth-order valence-corrected chi connectivity index (χ4v) is 2.81. The number of aryl methyl sites for hydroxylation is 1. The van der Waals surface area contributed by atoms with E-state index in [1.807, 2.05) is 32.2 Å². The zero-order valence-corrected chi connectivity index (χ0v) is 13.0. The molecule has 2 heterocycles. The molecule has 2 N–H and O–H groups in total. The predicted molar refractivity (Wildman–Crippen MR) is 85.9 cm³/mol. The van der Waals surface area contributed by atoms with Crippen molar-refractivity contribution in [2.45, 2.75) is 45.6 Å². The molecule has 1 aliphatic carbocycles. The molecule has 0 radical (unpaired) electrons. The summed E-state index contributed by atoms with van der Waals surface area (Å²) in [6.45, 7) is 3.85. The Hall–Kier alpha value is -2.37. The van der Waals surface area contributed by atoms with E-state index in [9.17, 15) is 4.79 Å². The number of urea groups is 1. The molecule has 0 unspecified atom stereocenters. The van der Waals surface area contributed by atoms with E-state index in [-0.39, 0.29) is 12.1 Å². The summed E-state index contributed by atoms with van der Waals surface area (Å²) in [6, 6.07) is 3.50. The molecule has 3 rings (SSSR count). The molecule has 1 atom stereocenters. The maximum Gasteiger partial charge on any atom is 0.319 e. The third-order valence-corrected chi connectivity index (χ3v) is 3.95. The number of carbonyl (C=O) groups excluding carboxylic acids is 1. The van der Waals surface area contributed by atoms with Gasteiger partial charge in [0.1, 0.15) is 5.82 Å². The summed E-state index contributed by atoms with van der Waals surface area (Å²) in [7, 11) is 0. The van der Waals surface area contributed by atoms with Gasteiger partial charge in [0.15, 0.2) is 5.65 Å². The number of amides is 2. The fraction of sp³-hybridized carbons (Fsp3) is 0.438. The summed E-state index contributed by atoms with van der Waals surface area (Å²) in [5.74, 6) is 0.676. The van der Waals surface area contributed by atoms with E-state index in [0.29, 0.717) is 17.2 Å². The molecule has 1 aliphatic rings. The van der Waals surface area contributed by atoms with Crippen LogP contribution in [0.1, 0.15) is 38.4 Å². The van der Waals surface area contributed by atoms with Gasteiger partial charge >= 0.3 is 6.03 Å². The van der Waals surface area contributed by atoms with Crippen molar-refractivity contribution in [3.63, 3.8) is 0 Å². The number of carbonyl (C=O) groups is 1. The Morgan fingerprint density at radius 3 is 3.05 bits per heavy atom. The van der Waals surface area contributed by atoms with Crippen LogP contribution in [0.3, 0.4) is 0 Å². The van der Waals surface area contributed by atoms with Crippen LogP contribution in [0.2, 0.25) is 0 Å². The molecule has 0 spiro atoms. The molecular formula is C16H21N5O. The van der Waals surface area contributed by atoms with E-state index in [1.165, 1.54) is 18.4 Å². The molecule has 116 valence electrons. The van der Waals surface area contributed by atoms with E-state index < -0.39 is 0 Å². The smallest absolute Gasteiger partial charge is 0.319 e. The highest BCUT2D eigenvalue weighted by Crippen LogP contribution is 2.20. The Bertz CT molecular complexity index is 718. The average Bonchev–Trinajstić information content (AvgIpc) is 2.89. The molecule has 2 aromatic rings.